The maximum atomic E-state index is 11.9. The van der Waals surface area contributed by atoms with Crippen molar-refractivity contribution in [2.45, 2.75) is 0 Å². The molecule has 8 heteroatoms. The van der Waals surface area contributed by atoms with E-state index in [0.29, 0.717) is 10.2 Å². The van der Waals surface area contributed by atoms with E-state index in [2.05, 4.69) is 26.6 Å². The molecule has 0 aliphatic heterocycles. The van der Waals surface area contributed by atoms with Gasteiger partial charge in [-0.2, -0.15) is 0 Å². The first-order valence-electron chi connectivity index (χ1n) is 6.17. The van der Waals surface area contributed by atoms with Crippen LogP contribution in [0.15, 0.2) is 51.9 Å². The number of carbonyl (C=O) groups is 1. The number of hydrogen-bond donors (Lipinski definition) is 2. The molecule has 0 atom stereocenters. The molecule has 2 N–H and O–H groups in total. The minimum Gasteiger partial charge on any atom is -0.410 e. The zero-order valence-corrected chi connectivity index (χ0v) is 13.9. The maximum absolute atomic E-state index is 11.9. The molecular weight excluding hydrogens is 370 g/mol. The molecule has 6 nitrogen and oxygen atoms in total. The number of amides is 1. The molecule has 0 aliphatic rings. The largest absolute Gasteiger partial charge is 0.418 e. The van der Waals surface area contributed by atoms with Crippen molar-refractivity contribution in [1.29, 1.82) is 0 Å². The third-order valence-electron chi connectivity index (χ3n) is 2.57. The van der Waals surface area contributed by atoms with E-state index in [1.807, 2.05) is 0 Å². The van der Waals surface area contributed by atoms with Crippen molar-refractivity contribution in [2.24, 2.45) is 7.05 Å². The molecule has 0 fully saturated rings. The minimum absolute atomic E-state index is 0.0314. The van der Waals surface area contributed by atoms with E-state index >= 15 is 0 Å². The van der Waals surface area contributed by atoms with Crippen LogP contribution in [-0.4, -0.2) is 15.8 Å². The Hall–Kier alpha value is -2.19. The van der Waals surface area contributed by atoms with E-state index in [0.717, 1.165) is 0 Å². The van der Waals surface area contributed by atoms with Crippen LogP contribution in [0.3, 0.4) is 0 Å². The summed E-state index contributed by atoms with van der Waals surface area (Å²) in [7, 11) is 1.61. The zero-order chi connectivity index (χ0) is 16.1. The van der Waals surface area contributed by atoms with E-state index in [-0.39, 0.29) is 16.4 Å². The topological polar surface area (TPSA) is 72.4 Å². The average molecular weight is 382 g/mol. The highest BCUT2D eigenvalue weighted by atomic mass is 79.9. The Morgan fingerprint density at radius 3 is 2.68 bits per heavy atom. The highest BCUT2D eigenvalue weighted by Gasteiger charge is 2.10. The van der Waals surface area contributed by atoms with Gasteiger partial charge >= 0.3 is 6.09 Å². The Morgan fingerprint density at radius 2 is 2.00 bits per heavy atom. The summed E-state index contributed by atoms with van der Waals surface area (Å²) in [5, 5.41) is 4.97. The number of para-hydroxylation sites is 1. The van der Waals surface area contributed by atoms with Gasteiger partial charge in [-0.1, -0.05) is 18.2 Å². The predicted octanol–water partition coefficient (Wildman–Crippen LogP) is 2.63. The first-order chi connectivity index (χ1) is 10.5. The van der Waals surface area contributed by atoms with Crippen molar-refractivity contribution in [2.75, 3.05) is 5.32 Å². The summed E-state index contributed by atoms with van der Waals surface area (Å²) < 4.78 is 7.12. The molecule has 0 spiro atoms. The van der Waals surface area contributed by atoms with Crippen molar-refractivity contribution in [3.63, 3.8) is 0 Å². The zero-order valence-electron chi connectivity index (χ0n) is 11.5. The molecule has 0 saturated carbocycles. The van der Waals surface area contributed by atoms with Crippen LogP contribution in [0.25, 0.3) is 0 Å². The van der Waals surface area contributed by atoms with Crippen LogP contribution in [0.1, 0.15) is 0 Å². The predicted molar refractivity (Wildman–Crippen MR) is 91.2 cm³/mol. The van der Waals surface area contributed by atoms with Gasteiger partial charge in [0.25, 0.3) is 5.56 Å². The molecule has 0 bridgehead atoms. The van der Waals surface area contributed by atoms with Crippen LogP contribution in [0.4, 0.5) is 10.5 Å². The molecule has 0 saturated heterocycles. The lowest BCUT2D eigenvalue weighted by Gasteiger charge is -2.10. The fourth-order valence-corrected chi connectivity index (χ4v) is 2.36. The molecule has 1 aromatic heterocycles. The normalized spacial score (nSPS) is 9.91. The summed E-state index contributed by atoms with van der Waals surface area (Å²) in [6, 6.07) is 10.1. The molecule has 0 aliphatic carbocycles. The van der Waals surface area contributed by atoms with Gasteiger partial charge in [-0.15, -0.1) is 0 Å². The lowest BCUT2D eigenvalue weighted by molar-refractivity contribution is 0.206. The SMILES string of the molecule is Cn1cc(Br)cc(NC(=S)NC(=O)Oc2ccccc2)c1=O. The van der Waals surface area contributed by atoms with Crippen molar-refractivity contribution in [3.05, 3.63) is 57.4 Å². The van der Waals surface area contributed by atoms with Crippen LogP contribution in [-0.2, 0) is 7.05 Å². The van der Waals surface area contributed by atoms with Gasteiger partial charge in [0.05, 0.1) is 0 Å². The smallest absolute Gasteiger partial charge is 0.410 e. The second-order valence-corrected chi connectivity index (χ2v) is 5.59. The van der Waals surface area contributed by atoms with Gasteiger partial charge in [0.1, 0.15) is 11.4 Å². The third-order valence-corrected chi connectivity index (χ3v) is 3.21. The number of halogens is 1. The van der Waals surface area contributed by atoms with Gasteiger partial charge in [0, 0.05) is 17.7 Å². The monoisotopic (exact) mass is 381 g/mol. The lowest BCUT2D eigenvalue weighted by Crippen LogP contribution is -2.37. The van der Waals surface area contributed by atoms with Crippen LogP contribution in [0.5, 0.6) is 5.75 Å². The molecule has 0 unspecified atom stereocenters. The average Bonchev–Trinajstić information content (AvgIpc) is 2.45. The second kappa shape index (κ2) is 7.19. The third kappa shape index (κ3) is 4.40. The van der Waals surface area contributed by atoms with E-state index in [1.54, 1.807) is 49.6 Å². The second-order valence-electron chi connectivity index (χ2n) is 4.27. The summed E-state index contributed by atoms with van der Waals surface area (Å²) in [5.74, 6) is 0.390. The Bertz CT molecular complexity index is 762. The quantitative estimate of drug-likeness (QED) is 0.782. The Labute approximate surface area is 140 Å². The van der Waals surface area contributed by atoms with E-state index in [4.69, 9.17) is 17.0 Å². The van der Waals surface area contributed by atoms with Crippen molar-refractivity contribution >= 4 is 45.0 Å². The molecule has 2 rings (SSSR count). The number of aromatic nitrogens is 1. The molecule has 2 aromatic rings. The summed E-state index contributed by atoms with van der Waals surface area (Å²) in [6.07, 6.45) is 0.878. The fourth-order valence-electron chi connectivity index (χ4n) is 1.63. The minimum atomic E-state index is -0.740. The number of hydrogen-bond acceptors (Lipinski definition) is 4. The molecule has 22 heavy (non-hydrogen) atoms. The van der Waals surface area contributed by atoms with Crippen LogP contribution in [0.2, 0.25) is 0 Å². The summed E-state index contributed by atoms with van der Waals surface area (Å²) in [4.78, 5) is 23.6. The number of carbonyl (C=O) groups excluding carboxylic acids is 1. The lowest BCUT2D eigenvalue weighted by atomic mass is 10.3. The number of thiocarbonyl (C=S) groups is 1. The van der Waals surface area contributed by atoms with Gasteiger partial charge in [-0.3, -0.25) is 10.1 Å². The summed E-state index contributed by atoms with van der Waals surface area (Å²) >= 11 is 8.27. The highest BCUT2D eigenvalue weighted by Crippen LogP contribution is 2.11. The highest BCUT2D eigenvalue weighted by molar-refractivity contribution is 9.10. The van der Waals surface area contributed by atoms with E-state index < -0.39 is 6.09 Å². The molecule has 0 radical (unpaired) electrons. The number of ether oxygens (including phenoxy) is 1. The molecule has 1 heterocycles. The molecule has 1 aromatic carbocycles. The number of anilines is 1. The van der Waals surface area contributed by atoms with E-state index in [1.165, 1.54) is 4.57 Å². The van der Waals surface area contributed by atoms with Crippen LogP contribution < -0.4 is 20.9 Å². The Morgan fingerprint density at radius 1 is 1.32 bits per heavy atom. The van der Waals surface area contributed by atoms with Crippen molar-refractivity contribution < 1.29 is 9.53 Å². The molecule has 1 amide bonds. The first-order valence-corrected chi connectivity index (χ1v) is 7.37. The first kappa shape index (κ1) is 16.2. The summed E-state index contributed by atoms with van der Waals surface area (Å²) in [5.41, 5.74) is -0.0364. The van der Waals surface area contributed by atoms with Crippen LogP contribution >= 0.6 is 28.1 Å². The van der Waals surface area contributed by atoms with Gasteiger partial charge in [0.15, 0.2) is 5.11 Å². The van der Waals surface area contributed by atoms with Gasteiger partial charge in [0.2, 0.25) is 0 Å². The Balaban J connectivity index is 1.99. The number of rotatable bonds is 2. The number of benzene rings is 1. The van der Waals surface area contributed by atoms with E-state index in [9.17, 15) is 9.59 Å². The van der Waals surface area contributed by atoms with Gasteiger partial charge in [-0.05, 0) is 46.3 Å². The fraction of sp³-hybridized carbons (Fsp3) is 0.0714. The molecular formula is C14H12BrN3O3S. The molecule has 114 valence electrons. The van der Waals surface area contributed by atoms with Crippen molar-refractivity contribution in [3.8, 4) is 5.75 Å². The van der Waals surface area contributed by atoms with Crippen LogP contribution in [0, 0.1) is 0 Å². The maximum Gasteiger partial charge on any atom is 0.418 e. The van der Waals surface area contributed by atoms with Gasteiger partial charge in [-0.25, -0.2) is 4.79 Å². The number of pyridine rings is 1. The Kier molecular flexibility index (Phi) is 5.29. The standard InChI is InChI=1S/C14H12BrN3O3S/c1-18-8-9(15)7-11(12(18)19)16-13(22)17-14(20)21-10-5-3-2-4-6-10/h2-8H,1H3,(H2,16,17,20,22). The number of nitrogens with zero attached hydrogens (tertiary/aromatic N) is 1. The van der Waals surface area contributed by atoms with Gasteiger partial charge < -0.3 is 14.6 Å². The van der Waals surface area contributed by atoms with Crippen molar-refractivity contribution in [1.82, 2.24) is 9.88 Å². The number of nitrogens with one attached hydrogen (secondary N) is 2. The summed E-state index contributed by atoms with van der Waals surface area (Å²) in [6.45, 7) is 0. The number of aryl methyl sites for hydroxylation is 1.